The minimum Gasteiger partial charge on any atom is -0.334 e. The Balaban J connectivity index is 1.90. The van der Waals surface area contributed by atoms with Crippen molar-refractivity contribution >= 4 is 16.8 Å². The molecular formula is C23H27FN4O. The molecule has 0 atom stereocenters. The molecule has 1 amide bonds. The van der Waals surface area contributed by atoms with Gasteiger partial charge in [0.25, 0.3) is 5.91 Å². The number of carbonyl (C=O) groups excluding carboxylic acids is 1. The van der Waals surface area contributed by atoms with E-state index in [0.717, 1.165) is 24.0 Å². The van der Waals surface area contributed by atoms with E-state index in [1.165, 1.54) is 17.7 Å². The highest BCUT2D eigenvalue weighted by Gasteiger charge is 2.27. The molecule has 2 aromatic heterocycles. The summed E-state index contributed by atoms with van der Waals surface area (Å²) in [7, 11) is 0. The summed E-state index contributed by atoms with van der Waals surface area (Å²) >= 11 is 0. The summed E-state index contributed by atoms with van der Waals surface area (Å²) in [5, 5.41) is 4.44. The zero-order chi connectivity index (χ0) is 20.7. The van der Waals surface area contributed by atoms with E-state index in [1.807, 2.05) is 44.5 Å². The first kappa shape index (κ1) is 19.6. The molecule has 3 aromatic rings. The standard InChI is InChI=1S/C23H27FN4O/c1-14(2)28(15(3)4)23(29)19-9-17(24)5-6-21(19)27-13-20(16-10-26-11-16)18-7-8-25-12-22(18)27/h5-9,12-16,26H,10-11H2,1-4H3. The summed E-state index contributed by atoms with van der Waals surface area (Å²) in [6.45, 7) is 9.79. The fraction of sp³-hybridized carbons (Fsp3) is 0.391. The Morgan fingerprint density at radius 2 is 1.93 bits per heavy atom. The van der Waals surface area contributed by atoms with Crippen molar-refractivity contribution in [1.29, 1.82) is 0 Å². The van der Waals surface area contributed by atoms with Gasteiger partial charge in [0.15, 0.2) is 0 Å². The van der Waals surface area contributed by atoms with E-state index < -0.39 is 5.82 Å². The first-order valence-corrected chi connectivity index (χ1v) is 10.2. The predicted octanol–water partition coefficient (Wildman–Crippen LogP) is 4.11. The summed E-state index contributed by atoms with van der Waals surface area (Å²) in [5.41, 5.74) is 3.20. The van der Waals surface area contributed by atoms with Gasteiger partial charge in [-0.15, -0.1) is 0 Å². The van der Waals surface area contributed by atoms with Gasteiger partial charge in [0.2, 0.25) is 0 Å². The Labute approximate surface area is 170 Å². The Bertz CT molecular complexity index is 1040. The van der Waals surface area contributed by atoms with Crippen LogP contribution in [0.3, 0.4) is 0 Å². The zero-order valence-corrected chi connectivity index (χ0v) is 17.3. The molecule has 0 unspecified atom stereocenters. The second-order valence-electron chi connectivity index (χ2n) is 8.26. The monoisotopic (exact) mass is 394 g/mol. The van der Waals surface area contributed by atoms with Crippen LogP contribution in [0.15, 0.2) is 42.9 Å². The smallest absolute Gasteiger partial charge is 0.256 e. The lowest BCUT2D eigenvalue weighted by Gasteiger charge is -2.31. The number of amides is 1. The number of hydrogen-bond donors (Lipinski definition) is 1. The van der Waals surface area contributed by atoms with Crippen LogP contribution in [0.1, 0.15) is 49.5 Å². The molecule has 4 rings (SSSR count). The van der Waals surface area contributed by atoms with E-state index in [1.54, 1.807) is 17.2 Å². The van der Waals surface area contributed by atoms with Crippen LogP contribution < -0.4 is 5.32 Å². The highest BCUT2D eigenvalue weighted by Crippen LogP contribution is 2.33. The van der Waals surface area contributed by atoms with Crippen LogP contribution in [0.2, 0.25) is 0 Å². The predicted molar refractivity (Wildman–Crippen MR) is 113 cm³/mol. The van der Waals surface area contributed by atoms with Crippen LogP contribution in [0.4, 0.5) is 4.39 Å². The molecule has 1 aliphatic rings. The van der Waals surface area contributed by atoms with Crippen molar-refractivity contribution in [2.45, 2.75) is 45.7 Å². The minimum absolute atomic E-state index is 0.0123. The largest absolute Gasteiger partial charge is 0.334 e. The van der Waals surface area contributed by atoms with Gasteiger partial charge in [-0.1, -0.05) is 0 Å². The van der Waals surface area contributed by atoms with Crippen molar-refractivity contribution in [2.75, 3.05) is 13.1 Å². The third-order valence-corrected chi connectivity index (χ3v) is 5.66. The molecule has 0 saturated carbocycles. The quantitative estimate of drug-likeness (QED) is 0.709. The highest BCUT2D eigenvalue weighted by atomic mass is 19.1. The first-order chi connectivity index (χ1) is 13.9. The number of nitrogens with one attached hydrogen (secondary N) is 1. The molecular weight excluding hydrogens is 367 g/mol. The third-order valence-electron chi connectivity index (χ3n) is 5.66. The van der Waals surface area contributed by atoms with E-state index in [9.17, 15) is 9.18 Å². The number of pyridine rings is 1. The SMILES string of the molecule is CC(C)N(C(=O)c1cc(F)ccc1-n1cc(C2CNC2)c2ccncc21)C(C)C. The summed E-state index contributed by atoms with van der Waals surface area (Å²) < 4.78 is 16.2. The molecule has 1 N–H and O–H groups in total. The topological polar surface area (TPSA) is 50.2 Å². The molecule has 3 heterocycles. The van der Waals surface area contributed by atoms with Gasteiger partial charge in [0.1, 0.15) is 5.82 Å². The first-order valence-electron chi connectivity index (χ1n) is 10.2. The molecule has 0 aliphatic carbocycles. The van der Waals surface area contributed by atoms with Gasteiger partial charge in [-0.25, -0.2) is 4.39 Å². The second-order valence-corrected chi connectivity index (χ2v) is 8.26. The molecule has 0 radical (unpaired) electrons. The van der Waals surface area contributed by atoms with Crippen LogP contribution >= 0.6 is 0 Å². The average Bonchev–Trinajstić information content (AvgIpc) is 2.99. The summed E-state index contributed by atoms with van der Waals surface area (Å²) in [4.78, 5) is 19.5. The van der Waals surface area contributed by atoms with Gasteiger partial charge in [-0.2, -0.15) is 0 Å². The van der Waals surface area contributed by atoms with E-state index in [0.29, 0.717) is 17.2 Å². The van der Waals surface area contributed by atoms with Crippen molar-refractivity contribution in [3.05, 3.63) is 59.8 Å². The zero-order valence-electron chi connectivity index (χ0n) is 17.3. The molecule has 5 nitrogen and oxygen atoms in total. The number of fused-ring (bicyclic) bond motifs is 1. The van der Waals surface area contributed by atoms with E-state index in [4.69, 9.17) is 0 Å². The average molecular weight is 394 g/mol. The summed E-state index contributed by atoms with van der Waals surface area (Å²) in [6, 6.07) is 6.49. The normalized spacial score (nSPS) is 14.6. The van der Waals surface area contributed by atoms with Crippen molar-refractivity contribution in [1.82, 2.24) is 19.8 Å². The van der Waals surface area contributed by atoms with Crippen molar-refractivity contribution in [3.63, 3.8) is 0 Å². The number of nitrogens with zero attached hydrogens (tertiary/aromatic N) is 3. The van der Waals surface area contributed by atoms with Gasteiger partial charge >= 0.3 is 0 Å². The van der Waals surface area contributed by atoms with Crippen molar-refractivity contribution in [3.8, 4) is 5.69 Å². The fourth-order valence-corrected chi connectivity index (χ4v) is 4.23. The third kappa shape index (κ3) is 3.42. The Hall–Kier alpha value is -2.73. The number of hydrogen-bond acceptors (Lipinski definition) is 3. The van der Waals surface area contributed by atoms with Gasteiger partial charge in [0, 0.05) is 48.9 Å². The van der Waals surface area contributed by atoms with Crippen LogP contribution in [0, 0.1) is 5.82 Å². The van der Waals surface area contributed by atoms with E-state index in [2.05, 4.69) is 16.5 Å². The number of benzene rings is 1. The van der Waals surface area contributed by atoms with E-state index >= 15 is 0 Å². The summed E-state index contributed by atoms with van der Waals surface area (Å²) in [6.07, 6.45) is 5.68. The lowest BCUT2D eigenvalue weighted by atomic mass is 9.94. The molecule has 1 aliphatic heterocycles. The second kappa shape index (κ2) is 7.59. The number of aromatic nitrogens is 2. The van der Waals surface area contributed by atoms with E-state index in [-0.39, 0.29) is 18.0 Å². The maximum Gasteiger partial charge on any atom is 0.256 e. The fourth-order valence-electron chi connectivity index (χ4n) is 4.23. The maximum absolute atomic E-state index is 14.2. The Morgan fingerprint density at radius 1 is 1.21 bits per heavy atom. The van der Waals surface area contributed by atoms with Gasteiger partial charge in [-0.05, 0) is 57.5 Å². The molecule has 1 aromatic carbocycles. The molecule has 29 heavy (non-hydrogen) atoms. The molecule has 0 bridgehead atoms. The minimum atomic E-state index is -0.414. The molecule has 6 heteroatoms. The number of halogens is 1. The Morgan fingerprint density at radius 3 is 2.55 bits per heavy atom. The number of carbonyl (C=O) groups is 1. The van der Waals surface area contributed by atoms with Crippen LogP contribution in [0.5, 0.6) is 0 Å². The Kier molecular flexibility index (Phi) is 5.13. The van der Waals surface area contributed by atoms with Crippen LogP contribution in [-0.2, 0) is 0 Å². The van der Waals surface area contributed by atoms with Crippen molar-refractivity contribution in [2.24, 2.45) is 0 Å². The maximum atomic E-state index is 14.2. The molecule has 152 valence electrons. The molecule has 1 fully saturated rings. The lowest BCUT2D eigenvalue weighted by Crippen LogP contribution is -2.42. The van der Waals surface area contributed by atoms with Gasteiger partial charge in [0.05, 0.1) is 23.0 Å². The molecule has 1 saturated heterocycles. The van der Waals surface area contributed by atoms with Crippen LogP contribution in [0.25, 0.3) is 16.6 Å². The van der Waals surface area contributed by atoms with Gasteiger partial charge < -0.3 is 14.8 Å². The summed E-state index contributed by atoms with van der Waals surface area (Å²) in [5.74, 6) is -0.145. The van der Waals surface area contributed by atoms with Crippen LogP contribution in [-0.4, -0.2) is 45.5 Å². The van der Waals surface area contributed by atoms with Gasteiger partial charge in [-0.3, -0.25) is 9.78 Å². The highest BCUT2D eigenvalue weighted by molar-refractivity contribution is 5.99. The lowest BCUT2D eigenvalue weighted by molar-refractivity contribution is 0.0643. The number of rotatable bonds is 5. The molecule has 0 spiro atoms. The van der Waals surface area contributed by atoms with Crippen molar-refractivity contribution < 1.29 is 9.18 Å².